The first-order valence-electron chi connectivity index (χ1n) is 7.21. The predicted octanol–water partition coefficient (Wildman–Crippen LogP) is 2.57. The second kappa shape index (κ2) is 13.2. The zero-order valence-electron chi connectivity index (χ0n) is 13.0. The molecule has 1 aromatic rings. The number of thiocyanates is 1. The van der Waals surface area contributed by atoms with Crippen LogP contribution < -0.4 is 5.43 Å². The Morgan fingerprint density at radius 2 is 1.96 bits per heavy atom. The standard InChI is InChI=1S/C14H20N4S.CHNS.Cu/c1-12(13-8-4-5-9-15-13)16-17-14(19)18-10-6-2-3-7-11-18;2-1-3;/h4-5,8-9H,2-3,6-7,10-11H2,1H3,(H,17,19);3H;/q;;+1/p-1. The van der Waals surface area contributed by atoms with E-state index < -0.39 is 0 Å². The quantitative estimate of drug-likeness (QED) is 0.206. The fourth-order valence-electron chi connectivity index (χ4n) is 2.11. The maximum absolute atomic E-state index is 7.13. The van der Waals surface area contributed by atoms with Gasteiger partial charge in [-0.05, 0) is 44.1 Å². The molecule has 1 aromatic heterocycles. The summed E-state index contributed by atoms with van der Waals surface area (Å²) < 4.78 is 0. The number of likely N-dealkylation sites (tertiary alicyclic amines) is 1. The summed E-state index contributed by atoms with van der Waals surface area (Å²) in [5.74, 6) is 0. The van der Waals surface area contributed by atoms with Crippen molar-refractivity contribution >= 4 is 35.7 Å². The molecule has 0 saturated carbocycles. The number of aromatic nitrogens is 1. The number of nitrogens with one attached hydrogen (secondary N) is 1. The van der Waals surface area contributed by atoms with Crippen LogP contribution in [0.25, 0.3) is 0 Å². The number of hydrogen-bond acceptors (Lipinski definition) is 5. The summed E-state index contributed by atoms with van der Waals surface area (Å²) in [6.07, 6.45) is 6.79. The van der Waals surface area contributed by atoms with Gasteiger partial charge in [-0.15, -0.1) is 0 Å². The van der Waals surface area contributed by atoms with Crippen molar-refractivity contribution in [3.63, 3.8) is 0 Å². The van der Waals surface area contributed by atoms with Gasteiger partial charge in [-0.1, -0.05) is 24.3 Å². The van der Waals surface area contributed by atoms with E-state index in [9.17, 15) is 0 Å². The molecule has 0 aromatic carbocycles. The molecular weight excluding hydrogens is 378 g/mol. The van der Waals surface area contributed by atoms with Crippen LogP contribution in [-0.2, 0) is 29.7 Å². The second-order valence-electron chi connectivity index (χ2n) is 4.82. The van der Waals surface area contributed by atoms with E-state index in [0.717, 1.165) is 29.6 Å². The molecule has 2 rings (SSSR count). The van der Waals surface area contributed by atoms with E-state index in [1.165, 1.54) is 31.1 Å². The van der Waals surface area contributed by atoms with E-state index in [0.29, 0.717) is 0 Å². The van der Waals surface area contributed by atoms with E-state index in [-0.39, 0.29) is 17.1 Å². The van der Waals surface area contributed by atoms with Gasteiger partial charge in [-0.2, -0.15) is 5.10 Å². The van der Waals surface area contributed by atoms with E-state index in [2.05, 4.69) is 33.0 Å². The fraction of sp³-hybridized carbons (Fsp3) is 0.467. The summed E-state index contributed by atoms with van der Waals surface area (Å²) >= 11 is 9.09. The first-order chi connectivity index (χ1) is 10.7. The Labute approximate surface area is 159 Å². The van der Waals surface area contributed by atoms with Gasteiger partial charge in [0.25, 0.3) is 0 Å². The Hall–Kier alpha value is -1.26. The Morgan fingerprint density at radius 1 is 1.35 bits per heavy atom. The Balaban J connectivity index is 0.00000112. The molecule has 0 bridgehead atoms. The third kappa shape index (κ3) is 8.82. The van der Waals surface area contributed by atoms with Crippen LogP contribution >= 0.6 is 12.2 Å². The smallest absolute Gasteiger partial charge is 0.696 e. The van der Waals surface area contributed by atoms with Crippen molar-refractivity contribution in [2.24, 2.45) is 5.10 Å². The molecule has 5 nitrogen and oxygen atoms in total. The average molecular weight is 398 g/mol. The molecule has 0 amide bonds. The SMILES string of the molecule is CC(=NNC(=S)N1CCCCCC1)c1ccccn1.N#C[S-].[Cu+]. The van der Waals surface area contributed by atoms with Gasteiger partial charge in [-0.25, -0.2) is 5.26 Å². The fourth-order valence-corrected chi connectivity index (χ4v) is 2.34. The molecule has 1 fully saturated rings. The topological polar surface area (TPSA) is 64.3 Å². The average Bonchev–Trinajstić information content (AvgIpc) is 2.83. The molecule has 2 heterocycles. The Kier molecular flexibility index (Phi) is 12.5. The molecule has 0 aliphatic carbocycles. The first kappa shape index (κ1) is 21.7. The van der Waals surface area contributed by atoms with Gasteiger partial charge in [0.2, 0.25) is 0 Å². The molecular formula is C15H20CuN5S2. The number of rotatable bonds is 2. The molecule has 8 heteroatoms. The minimum Gasteiger partial charge on any atom is -0.696 e. The zero-order chi connectivity index (χ0) is 16.2. The predicted molar refractivity (Wildman–Crippen MR) is 95.2 cm³/mol. The van der Waals surface area contributed by atoms with Crippen LogP contribution in [0.3, 0.4) is 0 Å². The van der Waals surface area contributed by atoms with E-state index in [1.807, 2.05) is 25.1 Å². The summed E-state index contributed by atoms with van der Waals surface area (Å²) in [6.45, 7) is 3.99. The minimum atomic E-state index is 0. The summed E-state index contributed by atoms with van der Waals surface area (Å²) in [5.41, 5.74) is 4.70. The van der Waals surface area contributed by atoms with Gasteiger partial charge < -0.3 is 17.5 Å². The Bertz CT molecular complexity index is 522. The Morgan fingerprint density at radius 3 is 2.48 bits per heavy atom. The molecule has 1 aliphatic heterocycles. The summed E-state index contributed by atoms with van der Waals surface area (Å²) in [6, 6.07) is 5.79. The van der Waals surface area contributed by atoms with E-state index in [1.54, 1.807) is 6.20 Å². The molecule has 23 heavy (non-hydrogen) atoms. The molecule has 0 spiro atoms. The molecule has 1 aliphatic rings. The van der Waals surface area contributed by atoms with Crippen LogP contribution in [-0.4, -0.2) is 33.8 Å². The number of nitrogens with zero attached hydrogens (tertiary/aromatic N) is 4. The van der Waals surface area contributed by atoms with Crippen molar-refractivity contribution in [3.05, 3.63) is 30.1 Å². The molecule has 1 N–H and O–H groups in total. The first-order valence-corrected chi connectivity index (χ1v) is 8.02. The number of nitriles is 1. The van der Waals surface area contributed by atoms with Gasteiger partial charge in [0.05, 0.1) is 11.4 Å². The van der Waals surface area contributed by atoms with Gasteiger partial charge in [-0.3, -0.25) is 10.4 Å². The molecule has 1 saturated heterocycles. The van der Waals surface area contributed by atoms with Gasteiger partial charge in [0.15, 0.2) is 5.11 Å². The van der Waals surface area contributed by atoms with Crippen LogP contribution in [0.5, 0.6) is 0 Å². The number of thiocarbonyl (C=S) groups is 1. The molecule has 0 radical (unpaired) electrons. The summed E-state index contributed by atoms with van der Waals surface area (Å²) in [5, 5.41) is 13.5. The van der Waals surface area contributed by atoms with Gasteiger partial charge in [0, 0.05) is 19.3 Å². The summed E-state index contributed by atoms with van der Waals surface area (Å²) in [4.78, 5) is 6.46. The maximum atomic E-state index is 7.13. The van der Waals surface area contributed by atoms with Crippen molar-refractivity contribution < 1.29 is 17.1 Å². The number of hydrogen-bond donors (Lipinski definition) is 1. The molecule has 0 atom stereocenters. The third-order valence-corrected chi connectivity index (χ3v) is 3.60. The molecule has 128 valence electrons. The molecule has 0 unspecified atom stereocenters. The van der Waals surface area contributed by atoms with Gasteiger partial charge in [0.1, 0.15) is 0 Å². The largest absolute Gasteiger partial charge is 1.00 e. The van der Waals surface area contributed by atoms with Crippen molar-refractivity contribution in [2.45, 2.75) is 32.6 Å². The van der Waals surface area contributed by atoms with Crippen LogP contribution in [0.15, 0.2) is 29.5 Å². The van der Waals surface area contributed by atoms with Crippen molar-refractivity contribution in [1.82, 2.24) is 15.3 Å². The van der Waals surface area contributed by atoms with Crippen molar-refractivity contribution in [2.75, 3.05) is 13.1 Å². The summed E-state index contributed by atoms with van der Waals surface area (Å²) in [7, 11) is 0. The zero-order valence-corrected chi connectivity index (χ0v) is 15.5. The van der Waals surface area contributed by atoms with Crippen LogP contribution in [0.1, 0.15) is 38.3 Å². The second-order valence-corrected chi connectivity index (χ2v) is 5.39. The van der Waals surface area contributed by atoms with E-state index >= 15 is 0 Å². The third-order valence-electron chi connectivity index (χ3n) is 3.25. The van der Waals surface area contributed by atoms with Crippen molar-refractivity contribution in [3.8, 4) is 5.40 Å². The monoisotopic (exact) mass is 397 g/mol. The number of pyridine rings is 1. The van der Waals surface area contributed by atoms with E-state index in [4.69, 9.17) is 17.5 Å². The van der Waals surface area contributed by atoms with Crippen LogP contribution in [0.4, 0.5) is 0 Å². The van der Waals surface area contributed by atoms with Crippen molar-refractivity contribution in [1.29, 1.82) is 5.26 Å². The van der Waals surface area contributed by atoms with Crippen LogP contribution in [0, 0.1) is 10.7 Å². The number of hydrazone groups is 1. The minimum absolute atomic E-state index is 0. The normalized spacial score (nSPS) is 14.3. The van der Waals surface area contributed by atoms with Gasteiger partial charge >= 0.3 is 17.1 Å². The maximum Gasteiger partial charge on any atom is 1.00 e. The van der Waals surface area contributed by atoms with Crippen LogP contribution in [0.2, 0.25) is 0 Å².